The first-order chi connectivity index (χ1) is 10.8. The number of benzene rings is 1. The molecule has 6 nitrogen and oxygen atoms in total. The van der Waals surface area contributed by atoms with E-state index in [1.54, 1.807) is 4.68 Å². The van der Waals surface area contributed by atoms with Gasteiger partial charge in [-0.15, -0.1) is 5.10 Å². The molecule has 1 fully saturated rings. The molecule has 0 bridgehead atoms. The molecule has 1 aliphatic rings. The summed E-state index contributed by atoms with van der Waals surface area (Å²) in [5, 5.41) is 7.98. The number of aryl methyl sites for hydroxylation is 1. The topological polar surface area (TPSA) is 66.2 Å². The van der Waals surface area contributed by atoms with E-state index in [4.69, 9.17) is 9.47 Å². The molecule has 22 heavy (non-hydrogen) atoms. The van der Waals surface area contributed by atoms with E-state index in [0.29, 0.717) is 25.5 Å². The van der Waals surface area contributed by atoms with Gasteiger partial charge < -0.3 is 9.47 Å². The van der Waals surface area contributed by atoms with Crippen LogP contribution in [0.2, 0.25) is 0 Å². The lowest BCUT2D eigenvalue weighted by Crippen LogP contribution is -2.15. The third-order valence-corrected chi connectivity index (χ3v) is 3.71. The lowest BCUT2D eigenvalue weighted by molar-refractivity contribution is 0.0997. The zero-order valence-corrected chi connectivity index (χ0v) is 12.6. The van der Waals surface area contributed by atoms with E-state index in [-0.39, 0.29) is 6.10 Å². The minimum absolute atomic E-state index is 0.0887. The van der Waals surface area contributed by atoms with Crippen LogP contribution >= 0.6 is 0 Å². The molecule has 116 valence electrons. The quantitative estimate of drug-likeness (QED) is 0.766. The number of hydrogen-bond acceptors (Lipinski definition) is 5. The maximum absolute atomic E-state index is 11.1. The van der Waals surface area contributed by atoms with Crippen molar-refractivity contribution in [3.8, 4) is 5.75 Å². The Kier molecular flexibility index (Phi) is 4.48. The Balaban J connectivity index is 1.67. The third kappa shape index (κ3) is 3.17. The van der Waals surface area contributed by atoms with E-state index in [1.807, 2.05) is 31.2 Å². The Morgan fingerprint density at radius 2 is 2.41 bits per heavy atom. The fourth-order valence-electron chi connectivity index (χ4n) is 2.66. The summed E-state index contributed by atoms with van der Waals surface area (Å²) in [4.78, 5) is 11.1. The van der Waals surface area contributed by atoms with Crippen LogP contribution in [0.4, 0.5) is 0 Å². The Morgan fingerprint density at radius 1 is 1.50 bits per heavy atom. The van der Waals surface area contributed by atoms with E-state index >= 15 is 0 Å². The van der Waals surface area contributed by atoms with Crippen molar-refractivity contribution in [3.63, 3.8) is 0 Å². The number of carbonyl (C=O) groups is 1. The van der Waals surface area contributed by atoms with Gasteiger partial charge in [-0.2, -0.15) is 0 Å². The molecule has 1 aromatic heterocycles. The second-order valence-corrected chi connectivity index (χ2v) is 5.37. The molecule has 2 aromatic rings. The molecule has 1 unspecified atom stereocenters. The van der Waals surface area contributed by atoms with Crippen LogP contribution in [0.25, 0.3) is 0 Å². The van der Waals surface area contributed by atoms with E-state index in [0.717, 1.165) is 36.1 Å². The van der Waals surface area contributed by atoms with Gasteiger partial charge in [0.1, 0.15) is 18.5 Å². The first kappa shape index (κ1) is 14.7. The van der Waals surface area contributed by atoms with Gasteiger partial charge in [-0.1, -0.05) is 17.3 Å². The van der Waals surface area contributed by atoms with E-state index in [2.05, 4.69) is 10.3 Å². The molecule has 1 saturated heterocycles. The van der Waals surface area contributed by atoms with Crippen LogP contribution in [-0.4, -0.2) is 34.5 Å². The van der Waals surface area contributed by atoms with Crippen molar-refractivity contribution in [1.82, 2.24) is 15.0 Å². The summed E-state index contributed by atoms with van der Waals surface area (Å²) in [6.45, 7) is 3.74. The number of aldehydes is 1. The van der Waals surface area contributed by atoms with Crippen molar-refractivity contribution in [1.29, 1.82) is 0 Å². The highest BCUT2D eigenvalue weighted by Gasteiger charge is 2.26. The molecule has 0 spiro atoms. The van der Waals surface area contributed by atoms with Gasteiger partial charge in [0.25, 0.3) is 0 Å². The Morgan fingerprint density at radius 3 is 3.14 bits per heavy atom. The summed E-state index contributed by atoms with van der Waals surface area (Å²) >= 11 is 0. The van der Waals surface area contributed by atoms with Gasteiger partial charge in [0, 0.05) is 6.61 Å². The number of hydrogen-bond donors (Lipinski definition) is 0. The molecule has 6 heteroatoms. The normalized spacial score (nSPS) is 17.6. The fraction of sp³-hybridized carbons (Fsp3) is 0.438. The van der Waals surface area contributed by atoms with Gasteiger partial charge in [0.15, 0.2) is 12.0 Å². The van der Waals surface area contributed by atoms with Crippen LogP contribution in [-0.2, 0) is 11.3 Å². The van der Waals surface area contributed by atoms with Crippen molar-refractivity contribution < 1.29 is 14.3 Å². The minimum Gasteiger partial charge on any atom is -0.492 e. The summed E-state index contributed by atoms with van der Waals surface area (Å²) in [6.07, 6.45) is 2.54. The summed E-state index contributed by atoms with van der Waals surface area (Å²) < 4.78 is 13.1. The molecule has 3 rings (SSSR count). The largest absolute Gasteiger partial charge is 0.492 e. The molecule has 1 aromatic carbocycles. The zero-order valence-electron chi connectivity index (χ0n) is 12.6. The van der Waals surface area contributed by atoms with Crippen molar-refractivity contribution in [2.75, 3.05) is 13.2 Å². The summed E-state index contributed by atoms with van der Waals surface area (Å²) in [5.41, 5.74) is 2.28. The number of carbonyl (C=O) groups excluding carboxylic acids is 1. The predicted molar refractivity (Wildman–Crippen MR) is 80.0 cm³/mol. The van der Waals surface area contributed by atoms with Gasteiger partial charge >= 0.3 is 0 Å². The van der Waals surface area contributed by atoms with Crippen molar-refractivity contribution in [3.05, 3.63) is 41.2 Å². The van der Waals surface area contributed by atoms with Crippen LogP contribution in [0.3, 0.4) is 0 Å². The predicted octanol–water partition coefficient (Wildman–Crippen LogP) is 2.33. The summed E-state index contributed by atoms with van der Waals surface area (Å²) in [5.74, 6) is 0.828. The van der Waals surface area contributed by atoms with E-state index < -0.39 is 0 Å². The van der Waals surface area contributed by atoms with Gasteiger partial charge in [0.05, 0.1) is 12.2 Å². The van der Waals surface area contributed by atoms with Crippen molar-refractivity contribution in [2.24, 2.45) is 0 Å². The molecule has 0 aliphatic carbocycles. The molecular weight excluding hydrogens is 282 g/mol. The van der Waals surface area contributed by atoms with Crippen LogP contribution in [0.15, 0.2) is 24.3 Å². The molecule has 2 heterocycles. The van der Waals surface area contributed by atoms with Crippen LogP contribution in [0.1, 0.15) is 40.7 Å². The highest BCUT2D eigenvalue weighted by molar-refractivity contribution is 5.73. The van der Waals surface area contributed by atoms with Crippen LogP contribution in [0.5, 0.6) is 5.75 Å². The fourth-order valence-corrected chi connectivity index (χ4v) is 2.66. The third-order valence-electron chi connectivity index (χ3n) is 3.71. The summed E-state index contributed by atoms with van der Waals surface area (Å²) in [6, 6.07) is 7.89. The SMILES string of the molecule is Cc1cccc(OCCn2nnc(C=O)c2C2CCCO2)c1. The lowest BCUT2D eigenvalue weighted by Gasteiger charge is -2.13. The number of aromatic nitrogens is 3. The first-order valence-corrected chi connectivity index (χ1v) is 7.47. The second-order valence-electron chi connectivity index (χ2n) is 5.37. The van der Waals surface area contributed by atoms with E-state index in [1.165, 1.54) is 0 Å². The lowest BCUT2D eigenvalue weighted by atomic mass is 10.1. The average molecular weight is 301 g/mol. The minimum atomic E-state index is -0.0887. The van der Waals surface area contributed by atoms with Crippen molar-refractivity contribution in [2.45, 2.75) is 32.4 Å². The molecule has 0 saturated carbocycles. The molecule has 1 aliphatic heterocycles. The molecule has 1 atom stereocenters. The maximum Gasteiger partial charge on any atom is 0.172 e. The van der Waals surface area contributed by atoms with E-state index in [9.17, 15) is 4.79 Å². The number of rotatable bonds is 6. The molecule has 0 N–H and O–H groups in total. The standard InChI is InChI=1S/C16H19N3O3/c1-12-4-2-5-13(10-12)21-9-7-19-16(14(11-20)17-18-19)15-6-3-8-22-15/h2,4-5,10-11,15H,3,6-9H2,1H3. The highest BCUT2D eigenvalue weighted by atomic mass is 16.5. The van der Waals surface area contributed by atoms with Gasteiger partial charge in [-0.25, -0.2) is 4.68 Å². The maximum atomic E-state index is 11.1. The molecule has 0 amide bonds. The Labute approximate surface area is 129 Å². The van der Waals surface area contributed by atoms with Gasteiger partial charge in [0.2, 0.25) is 0 Å². The first-order valence-electron chi connectivity index (χ1n) is 7.47. The number of ether oxygens (including phenoxy) is 2. The average Bonchev–Trinajstić information content (AvgIpc) is 3.15. The van der Waals surface area contributed by atoms with Crippen LogP contribution in [0, 0.1) is 6.92 Å². The van der Waals surface area contributed by atoms with Crippen LogP contribution < -0.4 is 4.74 Å². The smallest absolute Gasteiger partial charge is 0.172 e. The zero-order chi connectivity index (χ0) is 15.4. The van der Waals surface area contributed by atoms with Gasteiger partial charge in [-0.3, -0.25) is 4.79 Å². The van der Waals surface area contributed by atoms with Gasteiger partial charge in [-0.05, 0) is 37.5 Å². The molecular formula is C16H19N3O3. The highest BCUT2D eigenvalue weighted by Crippen LogP contribution is 2.29. The molecule has 0 radical (unpaired) electrons. The number of nitrogens with zero attached hydrogens (tertiary/aromatic N) is 3. The second kappa shape index (κ2) is 6.70. The Hall–Kier alpha value is -2.21. The Bertz CT molecular complexity index is 648. The summed E-state index contributed by atoms with van der Waals surface area (Å²) in [7, 11) is 0. The monoisotopic (exact) mass is 301 g/mol. The van der Waals surface area contributed by atoms with Crippen molar-refractivity contribution >= 4 is 6.29 Å².